The monoisotopic (exact) mass is 461 g/mol. The Balaban J connectivity index is 1.80. The van der Waals surface area contributed by atoms with E-state index in [0.717, 1.165) is 11.3 Å². The number of methoxy groups -OCH3 is 2. The average molecular weight is 462 g/mol. The van der Waals surface area contributed by atoms with E-state index in [-0.39, 0.29) is 11.8 Å². The van der Waals surface area contributed by atoms with Crippen LogP contribution in [0, 0.1) is 0 Å². The van der Waals surface area contributed by atoms with Crippen molar-refractivity contribution in [2.24, 2.45) is 0 Å². The number of hydrogen-bond acceptors (Lipinski definition) is 6. The fourth-order valence-corrected chi connectivity index (χ4v) is 4.32. The van der Waals surface area contributed by atoms with E-state index in [0.29, 0.717) is 34.9 Å². The highest BCUT2D eigenvalue weighted by Crippen LogP contribution is 2.45. The Morgan fingerprint density at radius 1 is 1.09 bits per heavy atom. The predicted octanol–water partition coefficient (Wildman–Crippen LogP) is 4.05. The number of pyridine rings is 1. The fraction of sp³-hybridized carbons (Fsp3) is 0.269. The SMILES string of the molecule is CCOc1ccc(NC(=O)[C@H]2c3cc(OC)c(OC)cc3C(=O)N(C)[C@H]2c2cccnc2)cc1. The first-order valence-electron chi connectivity index (χ1n) is 10.9. The Labute approximate surface area is 198 Å². The molecule has 176 valence electrons. The number of hydrogen-bond donors (Lipinski definition) is 1. The van der Waals surface area contributed by atoms with Gasteiger partial charge in [-0.3, -0.25) is 14.6 Å². The zero-order chi connectivity index (χ0) is 24.2. The number of ether oxygens (including phenoxy) is 3. The number of anilines is 1. The number of benzene rings is 2. The molecule has 1 N–H and O–H groups in total. The van der Waals surface area contributed by atoms with Gasteiger partial charge in [-0.1, -0.05) is 6.07 Å². The number of rotatable bonds is 7. The molecule has 34 heavy (non-hydrogen) atoms. The maximum absolute atomic E-state index is 13.8. The second-order valence-electron chi connectivity index (χ2n) is 7.87. The zero-order valence-electron chi connectivity index (χ0n) is 19.6. The van der Waals surface area contributed by atoms with Crippen LogP contribution >= 0.6 is 0 Å². The first kappa shape index (κ1) is 23.1. The molecule has 2 heterocycles. The zero-order valence-corrected chi connectivity index (χ0v) is 19.6. The fourth-order valence-electron chi connectivity index (χ4n) is 4.32. The highest BCUT2D eigenvalue weighted by molar-refractivity contribution is 6.04. The molecular weight excluding hydrogens is 434 g/mol. The topological polar surface area (TPSA) is 90.0 Å². The molecule has 2 amide bonds. The van der Waals surface area contributed by atoms with Gasteiger partial charge in [0.25, 0.3) is 5.91 Å². The van der Waals surface area contributed by atoms with Crippen LogP contribution in [0.3, 0.4) is 0 Å². The number of fused-ring (bicyclic) bond motifs is 1. The predicted molar refractivity (Wildman–Crippen MR) is 128 cm³/mol. The Morgan fingerprint density at radius 3 is 2.41 bits per heavy atom. The van der Waals surface area contributed by atoms with Crippen LogP contribution in [0.25, 0.3) is 0 Å². The van der Waals surface area contributed by atoms with Crippen LogP contribution in [0.4, 0.5) is 5.69 Å². The maximum Gasteiger partial charge on any atom is 0.254 e. The molecule has 0 radical (unpaired) electrons. The molecule has 1 aliphatic rings. The van der Waals surface area contributed by atoms with Crippen molar-refractivity contribution in [1.82, 2.24) is 9.88 Å². The summed E-state index contributed by atoms with van der Waals surface area (Å²) in [6, 6.07) is 13.6. The largest absolute Gasteiger partial charge is 0.494 e. The van der Waals surface area contributed by atoms with E-state index < -0.39 is 12.0 Å². The van der Waals surface area contributed by atoms with E-state index in [1.165, 1.54) is 14.2 Å². The third kappa shape index (κ3) is 4.26. The minimum Gasteiger partial charge on any atom is -0.494 e. The molecule has 2 aromatic carbocycles. The van der Waals surface area contributed by atoms with Crippen LogP contribution in [0.2, 0.25) is 0 Å². The summed E-state index contributed by atoms with van der Waals surface area (Å²) in [4.78, 5) is 32.9. The number of carbonyl (C=O) groups excluding carboxylic acids is 2. The van der Waals surface area contributed by atoms with E-state index in [2.05, 4.69) is 10.3 Å². The molecule has 8 nitrogen and oxygen atoms in total. The van der Waals surface area contributed by atoms with E-state index in [4.69, 9.17) is 14.2 Å². The van der Waals surface area contributed by atoms with Gasteiger partial charge >= 0.3 is 0 Å². The van der Waals surface area contributed by atoms with Crippen molar-refractivity contribution in [3.05, 3.63) is 77.6 Å². The van der Waals surface area contributed by atoms with Crippen molar-refractivity contribution in [1.29, 1.82) is 0 Å². The molecule has 0 aliphatic carbocycles. The number of nitrogens with zero attached hydrogens (tertiary/aromatic N) is 2. The molecule has 0 saturated carbocycles. The highest BCUT2D eigenvalue weighted by Gasteiger charge is 2.43. The molecule has 0 saturated heterocycles. The van der Waals surface area contributed by atoms with Crippen molar-refractivity contribution in [2.75, 3.05) is 33.2 Å². The van der Waals surface area contributed by atoms with Gasteiger partial charge in [0, 0.05) is 30.7 Å². The van der Waals surface area contributed by atoms with E-state index in [1.54, 1.807) is 66.8 Å². The summed E-state index contributed by atoms with van der Waals surface area (Å²) in [5.74, 6) is 0.406. The summed E-state index contributed by atoms with van der Waals surface area (Å²) < 4.78 is 16.4. The molecule has 4 rings (SSSR count). The molecule has 3 aromatic rings. The molecule has 2 atom stereocenters. The van der Waals surface area contributed by atoms with Crippen molar-refractivity contribution in [3.8, 4) is 17.2 Å². The van der Waals surface area contributed by atoms with Crippen LogP contribution in [0.15, 0.2) is 60.9 Å². The summed E-state index contributed by atoms with van der Waals surface area (Å²) in [5, 5.41) is 3.00. The van der Waals surface area contributed by atoms with Crippen LogP contribution in [-0.2, 0) is 4.79 Å². The van der Waals surface area contributed by atoms with Gasteiger partial charge in [0.1, 0.15) is 5.75 Å². The summed E-state index contributed by atoms with van der Waals surface area (Å²) >= 11 is 0. The minimum absolute atomic E-state index is 0.213. The molecule has 1 aromatic heterocycles. The van der Waals surface area contributed by atoms with Gasteiger partial charge < -0.3 is 24.4 Å². The normalized spacial score (nSPS) is 17.1. The second-order valence-corrected chi connectivity index (χ2v) is 7.87. The van der Waals surface area contributed by atoms with E-state index >= 15 is 0 Å². The summed E-state index contributed by atoms with van der Waals surface area (Å²) in [6.07, 6.45) is 3.34. The van der Waals surface area contributed by atoms with Crippen LogP contribution < -0.4 is 19.5 Å². The summed E-state index contributed by atoms with van der Waals surface area (Å²) in [6.45, 7) is 2.47. The lowest BCUT2D eigenvalue weighted by molar-refractivity contribution is -0.119. The average Bonchev–Trinajstić information content (AvgIpc) is 2.87. The Kier molecular flexibility index (Phi) is 6.67. The number of likely N-dealkylation sites (N-methyl/N-ethyl adjacent to an activating group) is 1. The van der Waals surface area contributed by atoms with Gasteiger partial charge in [-0.25, -0.2) is 0 Å². The molecule has 0 fully saturated rings. The number of aromatic nitrogens is 1. The third-order valence-electron chi connectivity index (χ3n) is 5.92. The highest BCUT2D eigenvalue weighted by atomic mass is 16.5. The number of carbonyl (C=O) groups is 2. The smallest absolute Gasteiger partial charge is 0.254 e. The molecule has 0 bridgehead atoms. The summed E-state index contributed by atoms with van der Waals surface area (Å²) in [5.41, 5.74) is 2.34. The van der Waals surface area contributed by atoms with Crippen molar-refractivity contribution in [2.45, 2.75) is 18.9 Å². The summed E-state index contributed by atoms with van der Waals surface area (Å²) in [7, 11) is 4.72. The maximum atomic E-state index is 13.8. The minimum atomic E-state index is -0.715. The second kappa shape index (κ2) is 9.82. The third-order valence-corrected chi connectivity index (χ3v) is 5.92. The van der Waals surface area contributed by atoms with E-state index in [9.17, 15) is 9.59 Å². The molecular formula is C26H27N3O5. The van der Waals surface area contributed by atoms with Gasteiger partial charge in [-0.15, -0.1) is 0 Å². The van der Waals surface area contributed by atoms with Crippen LogP contribution in [-0.4, -0.2) is 49.6 Å². The lowest BCUT2D eigenvalue weighted by atomic mass is 9.79. The molecule has 0 spiro atoms. The first-order valence-corrected chi connectivity index (χ1v) is 10.9. The number of amides is 2. The Morgan fingerprint density at radius 2 is 1.79 bits per heavy atom. The lowest BCUT2D eigenvalue weighted by Gasteiger charge is -2.39. The van der Waals surface area contributed by atoms with Crippen molar-refractivity contribution in [3.63, 3.8) is 0 Å². The standard InChI is InChI=1S/C26H27N3O5/c1-5-34-18-10-8-17(9-11-18)28-25(30)23-19-13-21(32-3)22(33-4)14-20(19)26(31)29(2)24(23)16-7-6-12-27-15-16/h6-15,23-24H,5H2,1-4H3,(H,28,30)/t23-,24-/m0/s1. The van der Waals surface area contributed by atoms with Crippen molar-refractivity contribution < 1.29 is 23.8 Å². The van der Waals surface area contributed by atoms with Gasteiger partial charge in [0.05, 0.1) is 32.8 Å². The number of nitrogens with one attached hydrogen (secondary N) is 1. The van der Waals surface area contributed by atoms with Gasteiger partial charge in [0.15, 0.2) is 11.5 Å². The first-order chi connectivity index (χ1) is 16.5. The van der Waals surface area contributed by atoms with Gasteiger partial charge in [0.2, 0.25) is 5.91 Å². The molecule has 0 unspecified atom stereocenters. The Bertz CT molecular complexity index is 1180. The Hall–Kier alpha value is -4.07. The van der Waals surface area contributed by atoms with Crippen LogP contribution in [0.5, 0.6) is 17.2 Å². The lowest BCUT2D eigenvalue weighted by Crippen LogP contribution is -2.44. The van der Waals surface area contributed by atoms with E-state index in [1.807, 2.05) is 13.0 Å². The van der Waals surface area contributed by atoms with Crippen molar-refractivity contribution >= 4 is 17.5 Å². The quantitative estimate of drug-likeness (QED) is 0.571. The molecule has 8 heteroatoms. The molecule has 1 aliphatic heterocycles. The van der Waals surface area contributed by atoms with Gasteiger partial charge in [-0.2, -0.15) is 0 Å². The van der Waals surface area contributed by atoms with Crippen LogP contribution in [0.1, 0.15) is 40.4 Å². The van der Waals surface area contributed by atoms with Gasteiger partial charge in [-0.05, 0) is 60.5 Å².